The predicted octanol–water partition coefficient (Wildman–Crippen LogP) is 5.71. The minimum absolute atomic E-state index is 0.0597. The fourth-order valence-corrected chi connectivity index (χ4v) is 6.23. The lowest BCUT2D eigenvalue weighted by Gasteiger charge is -2.52. The molecule has 3 nitrogen and oxygen atoms in total. The number of allylic oxidation sites excluding steroid dienone is 1. The summed E-state index contributed by atoms with van der Waals surface area (Å²) in [4.78, 5) is 12.0. The van der Waals surface area contributed by atoms with E-state index in [1.165, 1.54) is 11.9 Å². The van der Waals surface area contributed by atoms with Crippen LogP contribution in [-0.2, 0) is 14.0 Å². The summed E-state index contributed by atoms with van der Waals surface area (Å²) < 4.78 is 13.2. The normalized spacial score (nSPS) is 37.2. The third kappa shape index (κ3) is 3.21. The molecule has 148 valence electrons. The lowest BCUT2D eigenvalue weighted by molar-refractivity contribution is -0.127. The molecule has 1 aliphatic heterocycles. The standard InChI is InChI=1S/C22H38O3Si/c1-20(2,3)26(7,8)25-19-11-15(13-23)22(6)10-9-18-16(12-22)17(19)14-24-21(18,4)5/h13,15-16,18H,9-12,14H2,1-8H3/t15-,16+,18+,22-/m0/s1. The van der Waals surface area contributed by atoms with Crippen molar-refractivity contribution in [2.45, 2.75) is 91.0 Å². The van der Waals surface area contributed by atoms with E-state index in [2.05, 4.69) is 54.6 Å². The van der Waals surface area contributed by atoms with Crippen LogP contribution in [0.15, 0.2) is 11.3 Å². The van der Waals surface area contributed by atoms with Crippen molar-refractivity contribution >= 4 is 14.6 Å². The smallest absolute Gasteiger partial charge is 0.250 e. The maximum Gasteiger partial charge on any atom is 0.250 e. The van der Waals surface area contributed by atoms with Crippen LogP contribution in [0.1, 0.15) is 67.2 Å². The molecule has 3 aliphatic rings. The highest BCUT2D eigenvalue weighted by atomic mass is 28.4. The molecule has 0 radical (unpaired) electrons. The van der Waals surface area contributed by atoms with E-state index in [0.29, 0.717) is 18.4 Å². The third-order valence-corrected chi connectivity index (χ3v) is 12.5. The van der Waals surface area contributed by atoms with Gasteiger partial charge >= 0.3 is 0 Å². The number of rotatable bonds is 3. The summed E-state index contributed by atoms with van der Waals surface area (Å²) in [5.74, 6) is 2.19. The number of hydrogen-bond donors (Lipinski definition) is 0. The minimum Gasteiger partial charge on any atom is -0.546 e. The van der Waals surface area contributed by atoms with Crippen molar-refractivity contribution in [3.8, 4) is 0 Å². The molecule has 2 aliphatic carbocycles. The summed E-state index contributed by atoms with van der Waals surface area (Å²) in [6.45, 7) is 18.9. The molecule has 0 N–H and O–H groups in total. The van der Waals surface area contributed by atoms with Crippen molar-refractivity contribution in [2.24, 2.45) is 23.2 Å². The van der Waals surface area contributed by atoms with Gasteiger partial charge in [-0.2, -0.15) is 0 Å². The molecule has 0 aromatic rings. The Morgan fingerprint density at radius 2 is 1.88 bits per heavy atom. The fourth-order valence-electron chi connectivity index (χ4n) is 5.09. The second-order valence-corrected chi connectivity index (χ2v) is 16.0. The van der Waals surface area contributed by atoms with Gasteiger partial charge in [0.15, 0.2) is 0 Å². The first-order chi connectivity index (χ1) is 11.8. The Kier molecular flexibility index (Phi) is 4.80. The topological polar surface area (TPSA) is 35.5 Å². The van der Waals surface area contributed by atoms with Crippen molar-refractivity contribution in [1.29, 1.82) is 0 Å². The van der Waals surface area contributed by atoms with Crippen LogP contribution in [0.5, 0.6) is 0 Å². The largest absolute Gasteiger partial charge is 0.546 e. The second-order valence-electron chi connectivity index (χ2n) is 11.3. The number of carbonyl (C=O) groups is 1. The molecule has 0 amide bonds. The van der Waals surface area contributed by atoms with E-state index in [0.717, 1.165) is 31.4 Å². The van der Waals surface area contributed by atoms with Crippen LogP contribution in [0.4, 0.5) is 0 Å². The highest BCUT2D eigenvalue weighted by molar-refractivity contribution is 6.74. The zero-order valence-corrected chi connectivity index (χ0v) is 19.1. The molecule has 4 atom stereocenters. The first-order valence-electron chi connectivity index (χ1n) is 10.3. The van der Waals surface area contributed by atoms with E-state index in [9.17, 15) is 4.79 Å². The van der Waals surface area contributed by atoms with Gasteiger partial charge < -0.3 is 14.0 Å². The first kappa shape index (κ1) is 20.1. The van der Waals surface area contributed by atoms with E-state index in [1.807, 2.05) is 0 Å². The van der Waals surface area contributed by atoms with E-state index in [1.54, 1.807) is 0 Å². The Bertz CT molecular complexity index is 613. The van der Waals surface area contributed by atoms with Crippen molar-refractivity contribution in [3.05, 3.63) is 11.3 Å². The van der Waals surface area contributed by atoms with Gasteiger partial charge in [-0.25, -0.2) is 0 Å². The maximum absolute atomic E-state index is 12.0. The van der Waals surface area contributed by atoms with Gasteiger partial charge in [-0.3, -0.25) is 0 Å². The summed E-state index contributed by atoms with van der Waals surface area (Å²) in [6, 6.07) is 0. The van der Waals surface area contributed by atoms with E-state index >= 15 is 0 Å². The van der Waals surface area contributed by atoms with Crippen LogP contribution >= 0.6 is 0 Å². The highest BCUT2D eigenvalue weighted by Gasteiger charge is 2.54. The third-order valence-electron chi connectivity index (χ3n) is 8.15. The molecular formula is C22H38O3Si. The summed E-state index contributed by atoms with van der Waals surface area (Å²) in [5, 5.41) is 0.150. The molecule has 0 spiro atoms. The monoisotopic (exact) mass is 378 g/mol. The summed E-state index contributed by atoms with van der Waals surface area (Å²) in [6.07, 6.45) is 5.34. The molecule has 4 heteroatoms. The SMILES string of the molecule is CC1(C)OCC2=C(O[Si](C)(C)C(C)(C)C)C[C@@H](C=O)[C@@]3(C)CC[C@@H]1[C@@H]2C3. The molecule has 2 fully saturated rings. The minimum atomic E-state index is -1.95. The van der Waals surface area contributed by atoms with Crippen molar-refractivity contribution in [3.63, 3.8) is 0 Å². The Morgan fingerprint density at radius 1 is 1.23 bits per heavy atom. The van der Waals surface area contributed by atoms with Crippen LogP contribution in [0.3, 0.4) is 0 Å². The van der Waals surface area contributed by atoms with Crippen molar-refractivity contribution in [1.82, 2.24) is 0 Å². The zero-order chi connectivity index (χ0) is 19.5. The highest BCUT2D eigenvalue weighted by Crippen LogP contribution is 2.58. The van der Waals surface area contributed by atoms with Crippen LogP contribution in [0, 0.1) is 23.2 Å². The second kappa shape index (κ2) is 6.20. The molecule has 0 unspecified atom stereocenters. The predicted molar refractivity (Wildman–Crippen MR) is 108 cm³/mol. The Hall–Kier alpha value is -0.613. The molecule has 1 heterocycles. The van der Waals surface area contributed by atoms with Crippen LogP contribution in [0.25, 0.3) is 0 Å². The number of aldehydes is 1. The molecule has 0 aromatic carbocycles. The van der Waals surface area contributed by atoms with E-state index < -0.39 is 8.32 Å². The average molecular weight is 379 g/mol. The fraction of sp³-hybridized carbons (Fsp3) is 0.864. The van der Waals surface area contributed by atoms with Crippen LogP contribution in [-0.4, -0.2) is 26.8 Å². The summed E-state index contributed by atoms with van der Waals surface area (Å²) in [5.41, 5.74) is 1.38. The zero-order valence-electron chi connectivity index (χ0n) is 18.1. The average Bonchev–Trinajstić information content (AvgIpc) is 2.58. The molecular weight excluding hydrogens is 340 g/mol. The van der Waals surface area contributed by atoms with Gasteiger partial charge in [-0.1, -0.05) is 27.7 Å². The molecule has 3 rings (SSSR count). The molecule has 1 saturated carbocycles. The van der Waals surface area contributed by atoms with Gasteiger partial charge in [0.05, 0.1) is 18.0 Å². The van der Waals surface area contributed by atoms with Gasteiger partial charge in [-0.15, -0.1) is 0 Å². The van der Waals surface area contributed by atoms with Crippen molar-refractivity contribution in [2.75, 3.05) is 6.61 Å². The van der Waals surface area contributed by atoms with Crippen LogP contribution < -0.4 is 0 Å². The molecule has 0 aromatic heterocycles. The van der Waals surface area contributed by atoms with Crippen LogP contribution in [0.2, 0.25) is 18.1 Å². The first-order valence-corrected chi connectivity index (χ1v) is 13.2. The van der Waals surface area contributed by atoms with E-state index in [-0.39, 0.29) is 22.0 Å². The van der Waals surface area contributed by atoms with Gasteiger partial charge in [0.2, 0.25) is 8.32 Å². The quantitative estimate of drug-likeness (QED) is 0.466. The van der Waals surface area contributed by atoms with Gasteiger partial charge in [0, 0.05) is 12.3 Å². The number of fused-ring (bicyclic) bond motifs is 1. The summed E-state index contributed by atoms with van der Waals surface area (Å²) >= 11 is 0. The molecule has 1 saturated heterocycles. The van der Waals surface area contributed by atoms with Gasteiger partial charge in [0.25, 0.3) is 0 Å². The number of ether oxygens (including phenoxy) is 1. The lowest BCUT2D eigenvalue weighted by atomic mass is 9.57. The van der Waals surface area contributed by atoms with E-state index in [4.69, 9.17) is 9.16 Å². The number of carbonyl (C=O) groups excluding carboxylic acids is 1. The molecule has 2 bridgehead atoms. The van der Waals surface area contributed by atoms with Gasteiger partial charge in [-0.05, 0) is 74.1 Å². The Morgan fingerprint density at radius 3 is 2.46 bits per heavy atom. The summed E-state index contributed by atoms with van der Waals surface area (Å²) in [7, 11) is -1.95. The number of hydrogen-bond acceptors (Lipinski definition) is 3. The van der Waals surface area contributed by atoms with Gasteiger partial charge in [0.1, 0.15) is 6.29 Å². The maximum atomic E-state index is 12.0. The Balaban J connectivity index is 2.05. The molecule has 26 heavy (non-hydrogen) atoms. The van der Waals surface area contributed by atoms with Crippen molar-refractivity contribution < 1.29 is 14.0 Å². The Labute approximate surface area is 161 Å². The lowest BCUT2D eigenvalue weighted by Crippen LogP contribution is -2.50.